The molecule has 3 fully saturated rings. The standard InChI is InChI=1S/C25H34O4/c1-15(26)29-18-8-10-24(2)17(13-18)4-5-19-21-7-6-20(16-12-23(27)28-14-16)25(21,3)11-9-22(19)24/h6,12,17-19,21-22H,4-5,7-11,13-14H2,1-3H3/t17-,18+,19+,21?,22+,24+,25-/m1/s1. The molecule has 4 heteroatoms. The number of esters is 2. The number of hydrogen-bond donors (Lipinski definition) is 0. The van der Waals surface area contributed by atoms with Crippen LogP contribution in [0.4, 0.5) is 0 Å². The fraction of sp³-hybridized carbons (Fsp3) is 0.760. The molecule has 0 aromatic carbocycles. The van der Waals surface area contributed by atoms with Gasteiger partial charge in [-0.2, -0.15) is 0 Å². The second-order valence-corrected chi connectivity index (χ2v) is 10.7. The molecule has 4 aliphatic carbocycles. The van der Waals surface area contributed by atoms with Crippen LogP contribution >= 0.6 is 0 Å². The third-order valence-electron chi connectivity index (χ3n) is 9.54. The molecule has 1 aliphatic heterocycles. The Labute approximate surface area is 174 Å². The van der Waals surface area contributed by atoms with Crippen molar-refractivity contribution in [2.24, 2.45) is 34.5 Å². The highest BCUT2D eigenvalue weighted by molar-refractivity contribution is 5.86. The van der Waals surface area contributed by atoms with Crippen molar-refractivity contribution in [1.82, 2.24) is 0 Å². The van der Waals surface area contributed by atoms with Gasteiger partial charge in [0.05, 0.1) is 0 Å². The minimum absolute atomic E-state index is 0.127. The first-order valence-electron chi connectivity index (χ1n) is 11.6. The highest BCUT2D eigenvalue weighted by Crippen LogP contribution is 2.67. The van der Waals surface area contributed by atoms with Crippen LogP contribution in [0.2, 0.25) is 0 Å². The molecule has 5 rings (SSSR count). The van der Waals surface area contributed by atoms with Gasteiger partial charge in [0.25, 0.3) is 0 Å². The Kier molecular flexibility index (Phi) is 4.49. The molecule has 0 aromatic heterocycles. The average molecular weight is 399 g/mol. The zero-order chi connectivity index (χ0) is 20.4. The maximum atomic E-state index is 11.6. The van der Waals surface area contributed by atoms with Gasteiger partial charge in [-0.3, -0.25) is 4.79 Å². The Hall–Kier alpha value is -1.58. The van der Waals surface area contributed by atoms with E-state index in [1.807, 2.05) is 0 Å². The van der Waals surface area contributed by atoms with Crippen LogP contribution < -0.4 is 0 Å². The van der Waals surface area contributed by atoms with E-state index in [0.29, 0.717) is 23.9 Å². The summed E-state index contributed by atoms with van der Waals surface area (Å²) in [6.07, 6.45) is 13.7. The minimum atomic E-state index is -0.181. The van der Waals surface area contributed by atoms with Crippen molar-refractivity contribution in [2.45, 2.75) is 78.2 Å². The van der Waals surface area contributed by atoms with E-state index in [1.165, 1.54) is 44.6 Å². The lowest BCUT2D eigenvalue weighted by atomic mass is 9.44. The van der Waals surface area contributed by atoms with Gasteiger partial charge >= 0.3 is 11.9 Å². The van der Waals surface area contributed by atoms with Crippen LogP contribution in [0.25, 0.3) is 0 Å². The van der Waals surface area contributed by atoms with Crippen LogP contribution in [0.15, 0.2) is 23.3 Å². The molecule has 0 radical (unpaired) electrons. The van der Waals surface area contributed by atoms with E-state index in [0.717, 1.165) is 36.7 Å². The molecule has 0 saturated heterocycles. The molecule has 3 saturated carbocycles. The number of rotatable bonds is 2. The van der Waals surface area contributed by atoms with E-state index in [1.54, 1.807) is 6.08 Å². The molecule has 0 spiro atoms. The fourth-order valence-electron chi connectivity index (χ4n) is 8.16. The van der Waals surface area contributed by atoms with Crippen molar-refractivity contribution in [3.63, 3.8) is 0 Å². The Morgan fingerprint density at radius 1 is 1.14 bits per heavy atom. The SMILES string of the molecule is CC(=O)O[C@H]1CC[C@@]2(C)[C@H](CC[C@H]3C4CC=C(C5=CC(=O)OC5)[C@@]4(C)CC[C@@H]32)C1. The van der Waals surface area contributed by atoms with Crippen LogP contribution in [-0.2, 0) is 19.1 Å². The van der Waals surface area contributed by atoms with Gasteiger partial charge in [-0.15, -0.1) is 0 Å². The zero-order valence-electron chi connectivity index (χ0n) is 18.0. The number of ether oxygens (including phenoxy) is 2. The molecule has 0 bridgehead atoms. The molecule has 5 aliphatic rings. The Morgan fingerprint density at radius 2 is 1.97 bits per heavy atom. The van der Waals surface area contributed by atoms with Gasteiger partial charge in [0.15, 0.2) is 0 Å². The fourth-order valence-corrected chi connectivity index (χ4v) is 8.16. The second kappa shape index (κ2) is 6.72. The number of hydrogen-bond acceptors (Lipinski definition) is 4. The quantitative estimate of drug-likeness (QED) is 0.616. The summed E-state index contributed by atoms with van der Waals surface area (Å²) in [6, 6.07) is 0. The molecular formula is C25H34O4. The van der Waals surface area contributed by atoms with Crippen molar-refractivity contribution in [3.8, 4) is 0 Å². The Morgan fingerprint density at radius 3 is 2.69 bits per heavy atom. The first kappa shape index (κ1) is 19.4. The van der Waals surface area contributed by atoms with Gasteiger partial charge in [-0.05, 0) is 91.4 Å². The van der Waals surface area contributed by atoms with E-state index >= 15 is 0 Å². The van der Waals surface area contributed by atoms with Crippen molar-refractivity contribution in [3.05, 3.63) is 23.3 Å². The molecule has 1 unspecified atom stereocenters. The lowest BCUT2D eigenvalue weighted by Crippen LogP contribution is -2.54. The number of cyclic esters (lactones) is 1. The lowest BCUT2D eigenvalue weighted by molar-refractivity contribution is -0.158. The van der Waals surface area contributed by atoms with Crippen LogP contribution in [0.1, 0.15) is 72.1 Å². The highest BCUT2D eigenvalue weighted by Gasteiger charge is 2.59. The molecular weight excluding hydrogens is 364 g/mol. The van der Waals surface area contributed by atoms with E-state index in [2.05, 4.69) is 19.9 Å². The predicted molar refractivity (Wildman–Crippen MR) is 110 cm³/mol. The normalized spacial score (nSPS) is 46.0. The van der Waals surface area contributed by atoms with Gasteiger partial charge in [-0.1, -0.05) is 19.9 Å². The van der Waals surface area contributed by atoms with E-state index in [9.17, 15) is 9.59 Å². The maximum Gasteiger partial charge on any atom is 0.331 e. The molecule has 158 valence electrons. The van der Waals surface area contributed by atoms with Crippen LogP contribution in [0, 0.1) is 34.5 Å². The summed E-state index contributed by atoms with van der Waals surface area (Å²) in [6.45, 7) is 6.98. The highest BCUT2D eigenvalue weighted by atomic mass is 16.5. The van der Waals surface area contributed by atoms with Crippen LogP contribution in [0.5, 0.6) is 0 Å². The van der Waals surface area contributed by atoms with E-state index < -0.39 is 0 Å². The number of fused-ring (bicyclic) bond motifs is 5. The average Bonchev–Trinajstić information content (AvgIpc) is 3.24. The number of carbonyl (C=O) groups excluding carboxylic acids is 2. The molecule has 29 heavy (non-hydrogen) atoms. The van der Waals surface area contributed by atoms with Gasteiger partial charge in [0, 0.05) is 18.6 Å². The lowest BCUT2D eigenvalue weighted by Gasteiger charge is -2.60. The third-order valence-corrected chi connectivity index (χ3v) is 9.54. The first-order valence-corrected chi connectivity index (χ1v) is 11.6. The Bertz CT molecular complexity index is 795. The summed E-state index contributed by atoms with van der Waals surface area (Å²) in [5, 5.41) is 0. The Balaban J connectivity index is 1.36. The maximum absolute atomic E-state index is 11.6. The smallest absolute Gasteiger partial charge is 0.331 e. The summed E-state index contributed by atoms with van der Waals surface area (Å²) in [5.74, 6) is 2.61. The van der Waals surface area contributed by atoms with Crippen LogP contribution in [-0.4, -0.2) is 24.6 Å². The molecule has 7 atom stereocenters. The molecule has 4 nitrogen and oxygen atoms in total. The largest absolute Gasteiger partial charge is 0.463 e. The summed E-state index contributed by atoms with van der Waals surface area (Å²) < 4.78 is 10.8. The van der Waals surface area contributed by atoms with Gasteiger partial charge in [0.1, 0.15) is 12.7 Å². The predicted octanol–water partition coefficient (Wildman–Crippen LogP) is 4.98. The van der Waals surface area contributed by atoms with E-state index in [-0.39, 0.29) is 23.5 Å². The summed E-state index contributed by atoms with van der Waals surface area (Å²) in [4.78, 5) is 23.1. The van der Waals surface area contributed by atoms with Gasteiger partial charge in [-0.25, -0.2) is 4.79 Å². The summed E-state index contributed by atoms with van der Waals surface area (Å²) in [5.41, 5.74) is 3.10. The number of allylic oxidation sites excluding steroid dienone is 1. The molecule has 1 heterocycles. The van der Waals surface area contributed by atoms with Gasteiger partial charge in [0.2, 0.25) is 0 Å². The summed E-state index contributed by atoms with van der Waals surface area (Å²) in [7, 11) is 0. The zero-order valence-corrected chi connectivity index (χ0v) is 18.0. The van der Waals surface area contributed by atoms with Crippen molar-refractivity contribution < 1.29 is 19.1 Å². The topological polar surface area (TPSA) is 52.6 Å². The van der Waals surface area contributed by atoms with E-state index in [4.69, 9.17) is 9.47 Å². The minimum Gasteiger partial charge on any atom is -0.463 e. The monoisotopic (exact) mass is 398 g/mol. The summed E-state index contributed by atoms with van der Waals surface area (Å²) >= 11 is 0. The van der Waals surface area contributed by atoms with Crippen molar-refractivity contribution >= 4 is 11.9 Å². The van der Waals surface area contributed by atoms with Crippen molar-refractivity contribution in [2.75, 3.05) is 6.61 Å². The third kappa shape index (κ3) is 2.92. The first-order chi connectivity index (χ1) is 13.8. The second-order valence-electron chi connectivity index (χ2n) is 10.7. The van der Waals surface area contributed by atoms with Crippen molar-refractivity contribution in [1.29, 1.82) is 0 Å². The van der Waals surface area contributed by atoms with Gasteiger partial charge < -0.3 is 9.47 Å². The van der Waals surface area contributed by atoms with Crippen LogP contribution in [0.3, 0.4) is 0 Å². The molecule has 0 amide bonds. The molecule has 0 N–H and O–H groups in total. The molecule has 0 aromatic rings. The number of carbonyl (C=O) groups is 2.